The van der Waals surface area contributed by atoms with Crippen molar-refractivity contribution in [3.8, 4) is 5.75 Å². The van der Waals surface area contributed by atoms with Gasteiger partial charge in [0, 0.05) is 26.0 Å². The van der Waals surface area contributed by atoms with Gasteiger partial charge in [0.2, 0.25) is 47.3 Å². The summed E-state index contributed by atoms with van der Waals surface area (Å²) in [5, 5.41) is 46.2. The van der Waals surface area contributed by atoms with Crippen molar-refractivity contribution < 1.29 is 63.2 Å². The van der Waals surface area contributed by atoms with Crippen molar-refractivity contribution in [2.75, 3.05) is 13.7 Å². The minimum absolute atomic E-state index is 0.00438. The van der Waals surface area contributed by atoms with Crippen LogP contribution in [0.2, 0.25) is 0 Å². The average molecular weight is 1040 g/mol. The predicted molar refractivity (Wildman–Crippen MR) is 277 cm³/mol. The normalized spacial score (nSPS) is 23.5. The molecule has 1 saturated heterocycles. The molecule has 3 aromatic rings. The van der Waals surface area contributed by atoms with Gasteiger partial charge < -0.3 is 62.6 Å². The maximum Gasteiger partial charge on any atom is 0.331 e. The molecule has 1 heterocycles. The molecule has 0 radical (unpaired) electrons. The highest BCUT2D eigenvalue weighted by molar-refractivity contribution is 6.00. The number of phenolic OH excluding ortho intramolecular Hbond substituents is 1. The maximum atomic E-state index is 15.0. The lowest BCUT2D eigenvalue weighted by atomic mass is 9.98. The Kier molecular flexibility index (Phi) is 23.1. The molecule has 0 saturated carbocycles. The van der Waals surface area contributed by atoms with E-state index in [9.17, 15) is 58.5 Å². The smallest absolute Gasteiger partial charge is 0.331 e. The van der Waals surface area contributed by atoms with Crippen molar-refractivity contribution in [2.24, 2.45) is 11.7 Å². The first kappa shape index (κ1) is 59.7. The summed E-state index contributed by atoms with van der Waals surface area (Å²) >= 11 is 0. The van der Waals surface area contributed by atoms with E-state index < -0.39 is 121 Å². The van der Waals surface area contributed by atoms with Gasteiger partial charge >= 0.3 is 5.97 Å². The minimum atomic E-state index is -1.92. The number of carbonyl (C=O) groups is 9. The van der Waals surface area contributed by atoms with Crippen molar-refractivity contribution in [3.63, 3.8) is 0 Å². The number of hydrogen-bond acceptors (Lipinski definition) is 13. The zero-order valence-electron chi connectivity index (χ0n) is 43.0. The van der Waals surface area contributed by atoms with Gasteiger partial charge in [-0.05, 0) is 73.1 Å². The number of unbranched alkanes of at least 4 members (excludes halogenated alkanes) is 1. The number of likely N-dealkylation sites (N-methyl/N-ethyl adjacent to an activating group) is 1. The summed E-state index contributed by atoms with van der Waals surface area (Å²) in [5.74, 6) is -9.75. The highest BCUT2D eigenvalue weighted by Crippen LogP contribution is 2.19. The molecule has 11 N–H and O–H groups in total. The lowest BCUT2D eigenvalue weighted by Gasteiger charge is -2.34. The lowest BCUT2D eigenvalue weighted by Crippen LogP contribution is -2.63. The van der Waals surface area contributed by atoms with Crippen molar-refractivity contribution in [1.82, 2.24) is 36.8 Å². The first-order valence-corrected chi connectivity index (χ1v) is 24.7. The molecule has 9 atom stereocenters. The number of cyclic esters (lactones) is 1. The van der Waals surface area contributed by atoms with Gasteiger partial charge in [0.05, 0.1) is 19.1 Å². The SMILES string of the molecule is CCC/C=C\c1ccccc1/C=C/C(=O)N[C@@H]1C(=O)N(C)C(Cc2ccc(O)cc2)C(=O)N[C@@H](CC(C)C)C(=O)N[C@H](Cc2ccccc2)C(=O)N[C@@H]([C@H](C)O)C(=O)N[C@@H](CC(N)=O)C(=O)N[C@@H](CO)C(=O)O[C@@H]1C. The number of rotatable bonds is 16. The lowest BCUT2D eigenvalue weighted by molar-refractivity contribution is -0.159. The average Bonchev–Trinajstić information content (AvgIpc) is 3.36. The number of allylic oxidation sites excluding steroid dienone is 1. The molecule has 404 valence electrons. The number of ether oxygens (including phenoxy) is 1. The molecule has 75 heavy (non-hydrogen) atoms. The van der Waals surface area contributed by atoms with Crippen LogP contribution in [0.5, 0.6) is 5.75 Å². The molecule has 0 bridgehead atoms. The van der Waals surface area contributed by atoms with E-state index in [2.05, 4.69) is 31.9 Å². The molecular formula is C54H70N8O13. The topological polar surface area (TPSA) is 325 Å². The number of nitrogens with one attached hydrogen (secondary N) is 6. The van der Waals surface area contributed by atoms with Gasteiger partial charge in [0.15, 0.2) is 6.04 Å². The number of phenols is 1. The van der Waals surface area contributed by atoms with Gasteiger partial charge in [0.25, 0.3) is 0 Å². The standard InChI is InChI=1S/C54H70N8O13/c1-7-8-10-17-36-18-13-14-19-37(36)22-25-45(67)60-47-33(5)75-54(74)42(30-63)59-49(69)41(29-44(55)66)58-52(72)46(32(4)64)61-50(70)40(27-34-15-11-9-12-16-34)56-48(68)39(26-31(2)3)57-51(71)43(62(6)53(47)73)28-35-20-23-38(65)24-21-35/h9-25,31-33,39-43,46-47,63-65H,7-8,26-30H2,1-6H3,(H2,55,66)(H,56,68)(H,57,71)(H,58,72)(H,59,69)(H,60,67)(H,61,70)/b17-10-,25-22+/t32-,33+,39-,40+,41-,42-,43?,46-,47-/m0/s1. The number of benzene rings is 3. The second-order valence-corrected chi connectivity index (χ2v) is 18.8. The Labute approximate surface area is 436 Å². The summed E-state index contributed by atoms with van der Waals surface area (Å²) in [7, 11) is 1.26. The first-order valence-electron chi connectivity index (χ1n) is 24.7. The van der Waals surface area contributed by atoms with Crippen LogP contribution in [0.25, 0.3) is 12.2 Å². The van der Waals surface area contributed by atoms with E-state index in [1.54, 1.807) is 56.3 Å². The molecule has 4 rings (SSSR count). The highest BCUT2D eigenvalue weighted by Gasteiger charge is 2.40. The summed E-state index contributed by atoms with van der Waals surface area (Å²) in [6.07, 6.45) is 3.75. The fourth-order valence-corrected chi connectivity index (χ4v) is 7.99. The number of hydrogen-bond donors (Lipinski definition) is 10. The fourth-order valence-electron chi connectivity index (χ4n) is 7.99. The molecule has 3 aromatic carbocycles. The molecule has 1 aliphatic rings. The number of nitrogens with two attached hydrogens (primary N) is 1. The second kappa shape index (κ2) is 29.1. The van der Waals surface area contributed by atoms with Crippen LogP contribution in [0, 0.1) is 5.92 Å². The first-order chi connectivity index (χ1) is 35.6. The maximum absolute atomic E-state index is 15.0. The zero-order chi connectivity index (χ0) is 55.4. The van der Waals surface area contributed by atoms with Crippen LogP contribution >= 0.6 is 0 Å². The van der Waals surface area contributed by atoms with E-state index >= 15 is 0 Å². The highest BCUT2D eigenvalue weighted by atomic mass is 16.5. The van der Waals surface area contributed by atoms with Gasteiger partial charge in [-0.3, -0.25) is 38.4 Å². The van der Waals surface area contributed by atoms with Gasteiger partial charge in [-0.25, -0.2) is 4.79 Å². The van der Waals surface area contributed by atoms with Crippen molar-refractivity contribution >= 4 is 65.4 Å². The fraction of sp³-hybridized carbons (Fsp3) is 0.426. The monoisotopic (exact) mass is 1040 g/mol. The van der Waals surface area contributed by atoms with Crippen LogP contribution in [0.1, 0.15) is 82.6 Å². The number of aromatic hydroxyl groups is 1. The molecule has 0 aromatic heterocycles. The quantitative estimate of drug-likeness (QED) is 0.0698. The molecule has 0 aliphatic carbocycles. The van der Waals surface area contributed by atoms with E-state index in [0.29, 0.717) is 16.7 Å². The Morgan fingerprint density at radius 3 is 1.89 bits per heavy atom. The summed E-state index contributed by atoms with van der Waals surface area (Å²) in [6, 6.07) is 9.71. The number of primary amides is 1. The van der Waals surface area contributed by atoms with Gasteiger partial charge in [-0.1, -0.05) is 106 Å². The Balaban J connectivity index is 1.89. The van der Waals surface area contributed by atoms with Crippen LogP contribution in [-0.2, 0) is 60.7 Å². The van der Waals surface area contributed by atoms with Crippen molar-refractivity contribution in [3.05, 3.63) is 113 Å². The molecular weight excluding hydrogens is 969 g/mol. The third-order valence-electron chi connectivity index (χ3n) is 12.1. The molecule has 8 amide bonds. The third kappa shape index (κ3) is 18.5. The summed E-state index contributed by atoms with van der Waals surface area (Å²) in [6.45, 7) is 6.87. The molecule has 1 aliphatic heterocycles. The number of carbonyl (C=O) groups excluding carboxylic acids is 9. The number of amides is 8. The van der Waals surface area contributed by atoms with E-state index in [1.807, 2.05) is 31.2 Å². The van der Waals surface area contributed by atoms with E-state index in [0.717, 1.165) is 36.3 Å². The molecule has 21 nitrogen and oxygen atoms in total. The van der Waals surface area contributed by atoms with Gasteiger partial charge in [-0.2, -0.15) is 0 Å². The van der Waals surface area contributed by atoms with E-state index in [1.165, 1.54) is 44.3 Å². The molecule has 0 spiro atoms. The zero-order valence-corrected chi connectivity index (χ0v) is 43.0. The number of nitrogens with zero attached hydrogens (tertiary/aromatic N) is 1. The van der Waals surface area contributed by atoms with Crippen LogP contribution in [0.3, 0.4) is 0 Å². The van der Waals surface area contributed by atoms with Crippen LogP contribution < -0.4 is 37.6 Å². The molecule has 1 unspecified atom stereocenters. The number of aliphatic hydroxyl groups is 2. The molecule has 21 heteroatoms. The van der Waals surface area contributed by atoms with Crippen LogP contribution in [0.15, 0.2) is 91.0 Å². The number of esters is 1. The summed E-state index contributed by atoms with van der Waals surface area (Å²) in [4.78, 5) is 127. The second-order valence-electron chi connectivity index (χ2n) is 18.8. The number of aliphatic hydroxyl groups excluding tert-OH is 2. The van der Waals surface area contributed by atoms with E-state index in [-0.39, 0.29) is 30.9 Å². The Hall–Kier alpha value is -7.91. The summed E-state index contributed by atoms with van der Waals surface area (Å²) < 4.78 is 5.65. The largest absolute Gasteiger partial charge is 0.508 e. The van der Waals surface area contributed by atoms with Crippen LogP contribution in [-0.4, -0.2) is 142 Å². The minimum Gasteiger partial charge on any atom is -0.508 e. The summed E-state index contributed by atoms with van der Waals surface area (Å²) in [5.41, 5.74) is 7.88. The Bertz CT molecular complexity index is 2540. The predicted octanol–water partition coefficient (Wildman–Crippen LogP) is 0.680. The molecule has 1 fully saturated rings. The van der Waals surface area contributed by atoms with Crippen molar-refractivity contribution in [1.29, 1.82) is 0 Å². The Morgan fingerprint density at radius 2 is 1.29 bits per heavy atom. The van der Waals surface area contributed by atoms with Crippen molar-refractivity contribution in [2.45, 2.75) is 128 Å². The van der Waals surface area contributed by atoms with E-state index in [4.69, 9.17) is 10.5 Å². The van der Waals surface area contributed by atoms with Gasteiger partial charge in [0.1, 0.15) is 48.1 Å². The Morgan fingerprint density at radius 1 is 0.733 bits per heavy atom. The van der Waals surface area contributed by atoms with Gasteiger partial charge in [-0.15, -0.1) is 0 Å². The third-order valence-corrected chi connectivity index (χ3v) is 12.1. The van der Waals surface area contributed by atoms with Crippen LogP contribution in [0.4, 0.5) is 0 Å².